The molecule has 0 atom stereocenters. The molecule has 2 N–H and O–H groups in total. The summed E-state index contributed by atoms with van der Waals surface area (Å²) in [6.07, 6.45) is 1.82. The average molecular weight is 367 g/mol. The van der Waals surface area contributed by atoms with Crippen LogP contribution in [-0.4, -0.2) is 30.5 Å². The molecule has 0 saturated heterocycles. The van der Waals surface area contributed by atoms with Crippen molar-refractivity contribution in [2.75, 3.05) is 19.0 Å². The van der Waals surface area contributed by atoms with Crippen LogP contribution >= 0.6 is 0 Å². The van der Waals surface area contributed by atoms with E-state index < -0.39 is 0 Å². The van der Waals surface area contributed by atoms with Gasteiger partial charge in [0.25, 0.3) is 5.91 Å². The highest BCUT2D eigenvalue weighted by atomic mass is 16.5. The molecule has 2 amide bonds. The van der Waals surface area contributed by atoms with Crippen LogP contribution in [0.15, 0.2) is 40.9 Å². The number of aromatic nitrogens is 1. The number of hydrogen-bond donors (Lipinski definition) is 2. The molecule has 0 bridgehead atoms. The van der Waals surface area contributed by atoms with E-state index in [0.29, 0.717) is 33.9 Å². The minimum absolute atomic E-state index is 0.138. The van der Waals surface area contributed by atoms with E-state index in [1.54, 1.807) is 44.5 Å². The van der Waals surface area contributed by atoms with E-state index in [-0.39, 0.29) is 24.8 Å². The van der Waals surface area contributed by atoms with E-state index in [1.807, 2.05) is 13.0 Å². The van der Waals surface area contributed by atoms with Crippen molar-refractivity contribution >= 4 is 28.6 Å². The molecule has 27 heavy (non-hydrogen) atoms. The van der Waals surface area contributed by atoms with Crippen molar-refractivity contribution in [3.8, 4) is 5.75 Å². The lowest BCUT2D eigenvalue weighted by atomic mass is 10.1. The highest BCUT2D eigenvalue weighted by Gasteiger charge is 2.18. The molecular formula is C20H21N3O4. The van der Waals surface area contributed by atoms with Gasteiger partial charge in [0.15, 0.2) is 0 Å². The Balaban J connectivity index is 1.61. The number of methoxy groups -OCH3 is 1. The van der Waals surface area contributed by atoms with Crippen LogP contribution in [0, 0.1) is 13.8 Å². The predicted octanol–water partition coefficient (Wildman–Crippen LogP) is 3.21. The quantitative estimate of drug-likeness (QED) is 0.698. The summed E-state index contributed by atoms with van der Waals surface area (Å²) in [5.74, 6) is 1.13. The molecule has 0 fully saturated rings. The minimum atomic E-state index is -0.291. The maximum atomic E-state index is 12.6. The third-order valence-electron chi connectivity index (χ3n) is 4.11. The molecule has 0 aliphatic rings. The summed E-state index contributed by atoms with van der Waals surface area (Å²) in [4.78, 5) is 28.7. The number of hydrogen-bond acceptors (Lipinski definition) is 5. The van der Waals surface area contributed by atoms with Crippen LogP contribution in [0.25, 0.3) is 11.0 Å². The van der Waals surface area contributed by atoms with Gasteiger partial charge in [-0.25, -0.2) is 4.98 Å². The number of ether oxygens (including phenoxy) is 1. The van der Waals surface area contributed by atoms with Crippen LogP contribution in [0.4, 0.5) is 5.82 Å². The molecule has 3 rings (SSSR count). The first kappa shape index (κ1) is 18.4. The maximum Gasteiger partial charge on any atom is 0.255 e. The molecule has 1 aromatic carbocycles. The number of aryl methyl sites for hydroxylation is 2. The number of benzene rings is 1. The number of fused-ring (bicyclic) bond motifs is 1. The van der Waals surface area contributed by atoms with Crippen molar-refractivity contribution in [3.63, 3.8) is 0 Å². The van der Waals surface area contributed by atoms with Crippen LogP contribution in [0.1, 0.15) is 28.1 Å². The normalized spacial score (nSPS) is 10.6. The highest BCUT2D eigenvalue weighted by Crippen LogP contribution is 2.28. The molecule has 2 aromatic heterocycles. The van der Waals surface area contributed by atoms with Crippen molar-refractivity contribution < 1.29 is 18.7 Å². The number of pyridine rings is 1. The Kier molecular flexibility index (Phi) is 5.40. The van der Waals surface area contributed by atoms with Crippen LogP contribution in [0.5, 0.6) is 5.75 Å². The van der Waals surface area contributed by atoms with E-state index in [0.717, 1.165) is 5.56 Å². The number of rotatable bonds is 6. The molecule has 7 nitrogen and oxygen atoms in total. The van der Waals surface area contributed by atoms with Gasteiger partial charge in [-0.1, -0.05) is 6.07 Å². The van der Waals surface area contributed by atoms with E-state index in [2.05, 4.69) is 15.6 Å². The predicted molar refractivity (Wildman–Crippen MR) is 102 cm³/mol. The van der Waals surface area contributed by atoms with Gasteiger partial charge >= 0.3 is 0 Å². The average Bonchev–Trinajstić information content (AvgIpc) is 2.98. The van der Waals surface area contributed by atoms with Gasteiger partial charge in [0, 0.05) is 24.5 Å². The SMILES string of the molecule is COc1ccc2oc(C)c(C(=O)NCCC(=O)Nc3ccc(C)cn3)c2c1. The summed E-state index contributed by atoms with van der Waals surface area (Å²) >= 11 is 0. The summed E-state index contributed by atoms with van der Waals surface area (Å²) in [5, 5.41) is 6.14. The molecule has 0 radical (unpaired) electrons. The zero-order valence-corrected chi connectivity index (χ0v) is 15.5. The second-order valence-corrected chi connectivity index (χ2v) is 6.17. The first-order chi connectivity index (χ1) is 13.0. The van der Waals surface area contributed by atoms with E-state index in [9.17, 15) is 9.59 Å². The molecule has 0 aliphatic carbocycles. The molecule has 0 saturated carbocycles. The van der Waals surface area contributed by atoms with Crippen molar-refractivity contribution in [3.05, 3.63) is 53.4 Å². The number of amides is 2. The second kappa shape index (κ2) is 7.90. The summed E-state index contributed by atoms with van der Waals surface area (Å²) in [7, 11) is 1.56. The lowest BCUT2D eigenvalue weighted by Crippen LogP contribution is -2.28. The van der Waals surface area contributed by atoms with Crippen molar-refractivity contribution in [1.82, 2.24) is 10.3 Å². The van der Waals surface area contributed by atoms with Crippen LogP contribution in [0.2, 0.25) is 0 Å². The fourth-order valence-corrected chi connectivity index (χ4v) is 2.73. The third kappa shape index (κ3) is 4.25. The van der Waals surface area contributed by atoms with Gasteiger partial charge in [-0.3, -0.25) is 9.59 Å². The van der Waals surface area contributed by atoms with Gasteiger partial charge < -0.3 is 19.8 Å². The lowest BCUT2D eigenvalue weighted by molar-refractivity contribution is -0.116. The van der Waals surface area contributed by atoms with Gasteiger partial charge in [-0.2, -0.15) is 0 Å². The highest BCUT2D eigenvalue weighted by molar-refractivity contribution is 6.07. The van der Waals surface area contributed by atoms with Crippen molar-refractivity contribution in [2.24, 2.45) is 0 Å². The Bertz CT molecular complexity index is 977. The molecule has 2 heterocycles. The van der Waals surface area contributed by atoms with Gasteiger partial charge in [0.05, 0.1) is 12.7 Å². The molecule has 140 valence electrons. The van der Waals surface area contributed by atoms with Gasteiger partial charge in [-0.15, -0.1) is 0 Å². The van der Waals surface area contributed by atoms with Crippen LogP contribution < -0.4 is 15.4 Å². The van der Waals surface area contributed by atoms with E-state index >= 15 is 0 Å². The first-order valence-electron chi connectivity index (χ1n) is 8.56. The second-order valence-electron chi connectivity index (χ2n) is 6.17. The minimum Gasteiger partial charge on any atom is -0.497 e. The molecule has 3 aromatic rings. The Morgan fingerprint density at radius 3 is 2.70 bits per heavy atom. The van der Waals surface area contributed by atoms with Crippen LogP contribution in [-0.2, 0) is 4.79 Å². The van der Waals surface area contributed by atoms with Crippen LogP contribution in [0.3, 0.4) is 0 Å². The Labute approximate surface area is 156 Å². The molecule has 0 aliphatic heterocycles. The number of anilines is 1. The number of furan rings is 1. The smallest absolute Gasteiger partial charge is 0.255 e. The van der Waals surface area contributed by atoms with Gasteiger partial charge in [0.1, 0.15) is 22.9 Å². The fourth-order valence-electron chi connectivity index (χ4n) is 2.73. The monoisotopic (exact) mass is 367 g/mol. The van der Waals surface area contributed by atoms with E-state index in [4.69, 9.17) is 9.15 Å². The maximum absolute atomic E-state index is 12.6. The Morgan fingerprint density at radius 1 is 1.19 bits per heavy atom. The molecule has 0 spiro atoms. The van der Waals surface area contributed by atoms with Crippen molar-refractivity contribution in [1.29, 1.82) is 0 Å². The summed E-state index contributed by atoms with van der Waals surface area (Å²) in [6.45, 7) is 3.86. The summed E-state index contributed by atoms with van der Waals surface area (Å²) in [5.41, 5.74) is 2.07. The standard InChI is InChI=1S/C20H21N3O4/c1-12-4-7-17(22-11-12)23-18(24)8-9-21-20(25)19-13(2)27-16-6-5-14(26-3)10-15(16)19/h4-7,10-11H,8-9H2,1-3H3,(H,21,25)(H,22,23,24). The van der Waals surface area contributed by atoms with E-state index in [1.165, 1.54) is 0 Å². The summed E-state index contributed by atoms with van der Waals surface area (Å²) in [6, 6.07) is 8.90. The third-order valence-corrected chi connectivity index (χ3v) is 4.11. The fraction of sp³-hybridized carbons (Fsp3) is 0.250. The Hall–Kier alpha value is -3.35. The zero-order chi connectivity index (χ0) is 19.4. The lowest BCUT2D eigenvalue weighted by Gasteiger charge is -2.07. The Morgan fingerprint density at radius 2 is 2.00 bits per heavy atom. The summed E-state index contributed by atoms with van der Waals surface area (Å²) < 4.78 is 10.8. The number of carbonyl (C=O) groups is 2. The number of nitrogens with one attached hydrogen (secondary N) is 2. The van der Waals surface area contributed by atoms with Gasteiger partial charge in [-0.05, 0) is 43.7 Å². The molecular weight excluding hydrogens is 346 g/mol. The van der Waals surface area contributed by atoms with Crippen molar-refractivity contribution in [2.45, 2.75) is 20.3 Å². The topological polar surface area (TPSA) is 93.5 Å². The zero-order valence-electron chi connectivity index (χ0n) is 15.5. The molecule has 7 heteroatoms. The number of carbonyl (C=O) groups excluding carboxylic acids is 2. The number of nitrogens with zero attached hydrogens (tertiary/aromatic N) is 1. The molecule has 0 unspecified atom stereocenters. The first-order valence-corrected chi connectivity index (χ1v) is 8.56. The largest absolute Gasteiger partial charge is 0.497 e. The van der Waals surface area contributed by atoms with Gasteiger partial charge in [0.2, 0.25) is 5.91 Å².